The lowest BCUT2D eigenvalue weighted by atomic mass is 10.3. The van der Waals surface area contributed by atoms with Crippen molar-refractivity contribution in [1.82, 2.24) is 15.6 Å². The second-order valence-electron chi connectivity index (χ2n) is 5.33. The number of carbonyl (C=O) groups excluding carboxylic acids is 1. The molecule has 0 aliphatic heterocycles. The Kier molecular flexibility index (Phi) is 6.93. The maximum absolute atomic E-state index is 12.4. The van der Waals surface area contributed by atoms with E-state index in [4.69, 9.17) is 9.47 Å². The number of aromatic nitrogens is 1. The van der Waals surface area contributed by atoms with Gasteiger partial charge < -0.3 is 14.8 Å². The molecule has 0 aliphatic rings. The zero-order valence-electron chi connectivity index (χ0n) is 14.6. The van der Waals surface area contributed by atoms with Crippen LogP contribution in [0.1, 0.15) is 5.56 Å². The van der Waals surface area contributed by atoms with Crippen molar-refractivity contribution in [1.29, 1.82) is 0 Å². The number of benzene rings is 1. The molecule has 1 aromatic carbocycles. The molecule has 0 aliphatic carbocycles. The zero-order valence-corrected chi connectivity index (χ0v) is 15.4. The third-order valence-electron chi connectivity index (χ3n) is 3.53. The molecule has 1 aromatic heterocycles. The second-order valence-corrected chi connectivity index (χ2v) is 7.32. The van der Waals surface area contributed by atoms with E-state index in [1.165, 1.54) is 32.4 Å². The van der Waals surface area contributed by atoms with Crippen LogP contribution in [0.25, 0.3) is 0 Å². The number of rotatable bonds is 9. The molecule has 0 saturated heterocycles. The molecule has 0 atom stereocenters. The van der Waals surface area contributed by atoms with Crippen LogP contribution >= 0.6 is 0 Å². The molecule has 0 radical (unpaired) electrons. The summed E-state index contributed by atoms with van der Waals surface area (Å²) in [6.45, 7) is 0.239. The lowest BCUT2D eigenvalue weighted by Gasteiger charge is -2.11. The van der Waals surface area contributed by atoms with Crippen molar-refractivity contribution in [2.75, 3.05) is 26.6 Å². The monoisotopic (exact) mass is 379 g/mol. The van der Waals surface area contributed by atoms with Gasteiger partial charge in [-0.1, -0.05) is 0 Å². The number of pyridine rings is 1. The number of ether oxygens (including phenoxy) is 2. The summed E-state index contributed by atoms with van der Waals surface area (Å²) >= 11 is 0. The predicted molar refractivity (Wildman–Crippen MR) is 95.7 cm³/mol. The Morgan fingerprint density at radius 2 is 1.77 bits per heavy atom. The Hall–Kier alpha value is -2.65. The van der Waals surface area contributed by atoms with E-state index in [1.54, 1.807) is 24.5 Å². The van der Waals surface area contributed by atoms with Crippen LogP contribution in [-0.2, 0) is 21.2 Å². The molecule has 1 amide bonds. The van der Waals surface area contributed by atoms with E-state index in [0.717, 1.165) is 5.56 Å². The molecular weight excluding hydrogens is 358 g/mol. The van der Waals surface area contributed by atoms with E-state index in [1.807, 2.05) is 0 Å². The maximum Gasteiger partial charge on any atom is 0.234 e. The van der Waals surface area contributed by atoms with Gasteiger partial charge in [0, 0.05) is 25.0 Å². The third-order valence-corrected chi connectivity index (χ3v) is 5.09. The van der Waals surface area contributed by atoms with Gasteiger partial charge >= 0.3 is 0 Å². The lowest BCUT2D eigenvalue weighted by molar-refractivity contribution is -0.120. The number of hydrogen-bond donors (Lipinski definition) is 2. The smallest absolute Gasteiger partial charge is 0.234 e. The van der Waals surface area contributed by atoms with Gasteiger partial charge in [-0.05, 0) is 29.8 Å². The van der Waals surface area contributed by atoms with Crippen LogP contribution in [0.3, 0.4) is 0 Å². The standard InChI is InChI=1S/C17H21N3O5S/c1-24-15-4-3-14(9-16(15)25-2)26(22,23)12-19-11-17(21)20-10-13-5-7-18-8-6-13/h3-9,19H,10-12H2,1-2H3,(H,20,21). The molecule has 0 bridgehead atoms. The van der Waals surface area contributed by atoms with Gasteiger partial charge in [0.2, 0.25) is 5.91 Å². The fraction of sp³-hybridized carbons (Fsp3) is 0.294. The van der Waals surface area contributed by atoms with Gasteiger partial charge in [-0.2, -0.15) is 0 Å². The van der Waals surface area contributed by atoms with Gasteiger partial charge in [0.15, 0.2) is 21.3 Å². The Bertz CT molecular complexity index is 841. The second kappa shape index (κ2) is 9.16. The molecule has 0 spiro atoms. The highest BCUT2D eigenvalue weighted by atomic mass is 32.2. The van der Waals surface area contributed by atoms with E-state index >= 15 is 0 Å². The Morgan fingerprint density at radius 3 is 2.42 bits per heavy atom. The van der Waals surface area contributed by atoms with Gasteiger partial charge in [0.25, 0.3) is 0 Å². The number of nitrogens with one attached hydrogen (secondary N) is 2. The number of nitrogens with zero attached hydrogens (tertiary/aromatic N) is 1. The van der Waals surface area contributed by atoms with Crippen molar-refractivity contribution in [2.24, 2.45) is 0 Å². The highest BCUT2D eigenvalue weighted by molar-refractivity contribution is 7.91. The normalized spacial score (nSPS) is 11.0. The summed E-state index contributed by atoms with van der Waals surface area (Å²) in [5, 5.41) is 5.34. The van der Waals surface area contributed by atoms with Crippen LogP contribution in [0.15, 0.2) is 47.6 Å². The summed E-state index contributed by atoms with van der Waals surface area (Å²) in [6, 6.07) is 7.92. The molecule has 0 unspecified atom stereocenters. The van der Waals surface area contributed by atoms with Crippen molar-refractivity contribution >= 4 is 15.7 Å². The number of hydrogen-bond acceptors (Lipinski definition) is 7. The predicted octanol–water partition coefficient (Wildman–Crippen LogP) is 0.736. The van der Waals surface area contributed by atoms with Crippen molar-refractivity contribution in [3.8, 4) is 11.5 Å². The number of sulfone groups is 1. The molecule has 140 valence electrons. The highest BCUT2D eigenvalue weighted by Gasteiger charge is 2.17. The number of methoxy groups -OCH3 is 2. The summed E-state index contributed by atoms with van der Waals surface area (Å²) < 4.78 is 34.9. The van der Waals surface area contributed by atoms with Crippen molar-refractivity contribution in [3.05, 3.63) is 48.3 Å². The fourth-order valence-corrected chi connectivity index (χ4v) is 3.26. The van der Waals surface area contributed by atoms with Gasteiger partial charge in [-0.15, -0.1) is 0 Å². The lowest BCUT2D eigenvalue weighted by Crippen LogP contribution is -2.35. The van der Waals surface area contributed by atoms with Crippen LogP contribution in [0, 0.1) is 0 Å². The first kappa shape index (κ1) is 19.7. The number of amides is 1. The Labute approximate surface area is 152 Å². The quantitative estimate of drug-likeness (QED) is 0.662. The summed E-state index contributed by atoms with van der Waals surface area (Å²) in [7, 11) is -0.715. The molecule has 1 heterocycles. The van der Waals surface area contributed by atoms with Crippen molar-refractivity contribution in [2.45, 2.75) is 11.4 Å². The fourth-order valence-electron chi connectivity index (χ4n) is 2.16. The third kappa shape index (κ3) is 5.43. The average molecular weight is 379 g/mol. The highest BCUT2D eigenvalue weighted by Crippen LogP contribution is 2.29. The summed E-state index contributed by atoms with van der Waals surface area (Å²) in [5.41, 5.74) is 0.909. The molecule has 2 N–H and O–H groups in total. The first-order valence-electron chi connectivity index (χ1n) is 7.77. The van der Waals surface area contributed by atoms with Crippen molar-refractivity contribution in [3.63, 3.8) is 0 Å². The van der Waals surface area contributed by atoms with E-state index in [0.29, 0.717) is 18.0 Å². The molecule has 26 heavy (non-hydrogen) atoms. The molecule has 2 aromatic rings. The zero-order chi connectivity index (χ0) is 19.0. The topological polar surface area (TPSA) is 107 Å². The van der Waals surface area contributed by atoms with Gasteiger partial charge in [0.1, 0.15) is 5.88 Å². The number of carbonyl (C=O) groups is 1. The van der Waals surface area contributed by atoms with Crippen LogP contribution in [0.4, 0.5) is 0 Å². The Balaban J connectivity index is 1.87. The van der Waals surface area contributed by atoms with Crippen LogP contribution in [-0.4, -0.2) is 46.0 Å². The summed E-state index contributed by atoms with van der Waals surface area (Å²) in [4.78, 5) is 15.8. The van der Waals surface area contributed by atoms with E-state index in [9.17, 15) is 13.2 Å². The molecule has 9 heteroatoms. The maximum atomic E-state index is 12.4. The van der Waals surface area contributed by atoms with Crippen LogP contribution in [0.5, 0.6) is 11.5 Å². The molecule has 8 nitrogen and oxygen atoms in total. The first-order valence-corrected chi connectivity index (χ1v) is 9.42. The van der Waals surface area contributed by atoms with Gasteiger partial charge in [-0.3, -0.25) is 15.1 Å². The van der Waals surface area contributed by atoms with Crippen LogP contribution < -0.4 is 20.1 Å². The van der Waals surface area contributed by atoms with Gasteiger partial charge in [0.05, 0.1) is 25.7 Å². The summed E-state index contributed by atoms with van der Waals surface area (Å²) in [5.74, 6) is 0.0911. The average Bonchev–Trinajstić information content (AvgIpc) is 2.66. The minimum atomic E-state index is -3.62. The molecule has 0 fully saturated rings. The van der Waals surface area contributed by atoms with Crippen molar-refractivity contribution < 1.29 is 22.7 Å². The Morgan fingerprint density at radius 1 is 1.08 bits per heavy atom. The molecule has 0 saturated carbocycles. The van der Waals surface area contributed by atoms with E-state index < -0.39 is 9.84 Å². The SMILES string of the molecule is COc1ccc(S(=O)(=O)CNCC(=O)NCc2ccncc2)cc1OC. The molecular formula is C17H21N3O5S. The molecule has 2 rings (SSSR count). The van der Waals surface area contributed by atoms with E-state index in [-0.39, 0.29) is 23.2 Å². The van der Waals surface area contributed by atoms with E-state index in [2.05, 4.69) is 15.6 Å². The first-order chi connectivity index (χ1) is 12.5. The summed E-state index contributed by atoms with van der Waals surface area (Å²) in [6.07, 6.45) is 3.27. The van der Waals surface area contributed by atoms with Crippen LogP contribution in [0.2, 0.25) is 0 Å². The minimum absolute atomic E-state index is 0.0832. The minimum Gasteiger partial charge on any atom is -0.493 e. The largest absolute Gasteiger partial charge is 0.493 e. The van der Waals surface area contributed by atoms with Gasteiger partial charge in [-0.25, -0.2) is 8.42 Å².